The van der Waals surface area contributed by atoms with Crippen molar-refractivity contribution in [1.82, 2.24) is 15.2 Å². The first-order valence-electron chi connectivity index (χ1n) is 12.1. The van der Waals surface area contributed by atoms with E-state index in [1.807, 2.05) is 55.5 Å². The molecule has 0 aliphatic carbocycles. The van der Waals surface area contributed by atoms with Crippen LogP contribution in [-0.4, -0.2) is 47.9 Å². The molecule has 3 aromatic rings. The third kappa shape index (κ3) is 5.04. The first-order valence-corrected chi connectivity index (χ1v) is 12.5. The Balaban J connectivity index is 1.43. The minimum absolute atomic E-state index is 0.139. The second kappa shape index (κ2) is 10.1. The van der Waals surface area contributed by atoms with Crippen molar-refractivity contribution in [2.45, 2.75) is 26.2 Å². The van der Waals surface area contributed by atoms with Crippen molar-refractivity contribution in [2.75, 3.05) is 31.5 Å². The van der Waals surface area contributed by atoms with Crippen LogP contribution in [0.15, 0.2) is 48.5 Å². The Bertz CT molecular complexity index is 1300. The number of amides is 2. The highest BCUT2D eigenvalue weighted by molar-refractivity contribution is 6.36. The molecule has 1 saturated heterocycles. The van der Waals surface area contributed by atoms with Gasteiger partial charge in [-0.15, -0.1) is 0 Å². The normalized spacial score (nSPS) is 16.9. The maximum absolute atomic E-state index is 13.1. The van der Waals surface area contributed by atoms with Gasteiger partial charge in [0.1, 0.15) is 0 Å². The number of aromatic nitrogens is 1. The van der Waals surface area contributed by atoms with Crippen LogP contribution < -0.4 is 10.6 Å². The molecule has 6 nitrogen and oxygen atoms in total. The van der Waals surface area contributed by atoms with Crippen LogP contribution in [0.2, 0.25) is 5.02 Å². The second-order valence-electron chi connectivity index (χ2n) is 9.19. The molecule has 2 aromatic carbocycles. The number of benzene rings is 2. The number of likely N-dealkylation sites (tertiary alicyclic amines) is 1. The Labute approximate surface area is 210 Å². The van der Waals surface area contributed by atoms with Gasteiger partial charge in [-0.2, -0.15) is 0 Å². The lowest BCUT2D eigenvalue weighted by molar-refractivity contribution is -0.110. The van der Waals surface area contributed by atoms with Gasteiger partial charge in [-0.3, -0.25) is 9.59 Å². The molecule has 3 heterocycles. The van der Waals surface area contributed by atoms with E-state index in [2.05, 4.69) is 20.5 Å². The molecule has 5 rings (SSSR count). The van der Waals surface area contributed by atoms with Crippen molar-refractivity contribution in [3.8, 4) is 11.1 Å². The van der Waals surface area contributed by atoms with E-state index in [9.17, 15) is 9.59 Å². The molecule has 2 amide bonds. The Kier molecular flexibility index (Phi) is 6.75. The summed E-state index contributed by atoms with van der Waals surface area (Å²) in [5.74, 6) is -0.335. The van der Waals surface area contributed by atoms with Crippen LogP contribution >= 0.6 is 11.6 Å². The highest BCUT2D eigenvalue weighted by Gasteiger charge is 2.28. The summed E-state index contributed by atoms with van der Waals surface area (Å²) in [6.45, 7) is 5.55. The molecule has 0 unspecified atom stereocenters. The summed E-state index contributed by atoms with van der Waals surface area (Å²) >= 11 is 6.24. The summed E-state index contributed by atoms with van der Waals surface area (Å²) in [6.07, 6.45) is 5.52. The van der Waals surface area contributed by atoms with Gasteiger partial charge in [0.05, 0.1) is 16.8 Å². The Hall–Kier alpha value is -3.35. The van der Waals surface area contributed by atoms with Crippen LogP contribution in [0.1, 0.15) is 46.6 Å². The molecular formula is C28H29ClN4O2. The first-order chi connectivity index (χ1) is 17.0. The number of carbonyl (C=O) groups excluding carboxylic acids is 2. The lowest BCUT2D eigenvalue weighted by atomic mass is 9.94. The molecule has 180 valence electrons. The summed E-state index contributed by atoms with van der Waals surface area (Å²) < 4.78 is 0. The zero-order valence-corrected chi connectivity index (χ0v) is 20.5. The number of anilines is 1. The highest BCUT2D eigenvalue weighted by atomic mass is 35.5. The van der Waals surface area contributed by atoms with E-state index in [0.29, 0.717) is 28.4 Å². The average Bonchev–Trinajstić information content (AvgIpc) is 3.38. The minimum Gasteiger partial charge on any atom is -0.358 e. The molecule has 0 bridgehead atoms. The van der Waals surface area contributed by atoms with Gasteiger partial charge >= 0.3 is 0 Å². The van der Waals surface area contributed by atoms with Crippen LogP contribution in [0.3, 0.4) is 0 Å². The van der Waals surface area contributed by atoms with Gasteiger partial charge in [-0.25, -0.2) is 0 Å². The minimum atomic E-state index is -0.196. The molecule has 1 aromatic heterocycles. The largest absolute Gasteiger partial charge is 0.358 e. The number of carbonyl (C=O) groups is 2. The number of rotatable bonds is 6. The predicted octanol–water partition coefficient (Wildman–Crippen LogP) is 5.35. The molecule has 0 saturated carbocycles. The third-order valence-corrected chi connectivity index (χ3v) is 6.88. The number of fused-ring (bicyclic) bond motifs is 1. The summed E-state index contributed by atoms with van der Waals surface area (Å²) in [7, 11) is 0. The van der Waals surface area contributed by atoms with Crippen molar-refractivity contribution in [2.24, 2.45) is 0 Å². The standard InChI is InChI=1S/C28H29ClN4O2/c1-18-15-22(27(34)30-11-14-33-12-3-2-4-13-33)25(31-18)17-23-26-21(19-7-5-8-20(29)16-19)9-6-10-24(26)32-28(23)35/h5-10,15-17,31H,2-4,11-14H2,1H3,(H,30,34)(H,32,35)/b23-17-. The molecule has 2 aliphatic rings. The SMILES string of the molecule is Cc1cc(C(=O)NCCN2CCCCC2)c(/C=C2\C(=O)Nc3cccc(-c4cccc(Cl)c4)c32)[nH]1. The van der Waals surface area contributed by atoms with Gasteiger partial charge in [0.15, 0.2) is 0 Å². The summed E-state index contributed by atoms with van der Waals surface area (Å²) in [6, 6.07) is 15.2. The van der Waals surface area contributed by atoms with Crippen molar-refractivity contribution >= 4 is 40.8 Å². The molecule has 0 radical (unpaired) electrons. The van der Waals surface area contributed by atoms with E-state index in [1.165, 1.54) is 19.3 Å². The number of nitrogens with one attached hydrogen (secondary N) is 3. The van der Waals surface area contributed by atoms with Gasteiger partial charge < -0.3 is 20.5 Å². The van der Waals surface area contributed by atoms with E-state index in [-0.39, 0.29) is 11.8 Å². The van der Waals surface area contributed by atoms with E-state index in [4.69, 9.17) is 11.6 Å². The van der Waals surface area contributed by atoms with E-state index in [1.54, 1.807) is 6.08 Å². The fraction of sp³-hybridized carbons (Fsp3) is 0.286. The average molecular weight is 489 g/mol. The number of hydrogen-bond donors (Lipinski definition) is 3. The maximum Gasteiger partial charge on any atom is 0.256 e. The van der Waals surface area contributed by atoms with Crippen LogP contribution in [0.5, 0.6) is 0 Å². The van der Waals surface area contributed by atoms with Gasteiger partial charge in [-0.05, 0) is 74.3 Å². The Morgan fingerprint density at radius 3 is 2.71 bits per heavy atom. The number of piperidine rings is 1. The first kappa shape index (κ1) is 23.4. The smallest absolute Gasteiger partial charge is 0.256 e. The molecule has 0 atom stereocenters. The van der Waals surface area contributed by atoms with E-state index in [0.717, 1.165) is 47.7 Å². The molecule has 2 aliphatic heterocycles. The fourth-order valence-corrected chi connectivity index (χ4v) is 5.14. The number of aromatic amines is 1. The van der Waals surface area contributed by atoms with Crippen LogP contribution in [-0.2, 0) is 4.79 Å². The quantitative estimate of drug-likeness (QED) is 0.409. The molecule has 7 heteroatoms. The van der Waals surface area contributed by atoms with Crippen LogP contribution in [0.4, 0.5) is 5.69 Å². The van der Waals surface area contributed by atoms with Gasteiger partial charge in [0.25, 0.3) is 11.8 Å². The van der Waals surface area contributed by atoms with Crippen molar-refractivity contribution in [1.29, 1.82) is 0 Å². The molecule has 1 fully saturated rings. The van der Waals surface area contributed by atoms with Crippen LogP contribution in [0, 0.1) is 6.92 Å². The summed E-state index contributed by atoms with van der Waals surface area (Å²) in [5, 5.41) is 6.64. The maximum atomic E-state index is 13.1. The molecular weight excluding hydrogens is 460 g/mol. The van der Waals surface area contributed by atoms with Crippen molar-refractivity contribution in [3.63, 3.8) is 0 Å². The number of nitrogens with zero attached hydrogens (tertiary/aromatic N) is 1. The lowest BCUT2D eigenvalue weighted by Gasteiger charge is -2.26. The lowest BCUT2D eigenvalue weighted by Crippen LogP contribution is -2.37. The number of halogens is 1. The van der Waals surface area contributed by atoms with Crippen molar-refractivity contribution < 1.29 is 9.59 Å². The van der Waals surface area contributed by atoms with E-state index >= 15 is 0 Å². The Morgan fingerprint density at radius 1 is 1.11 bits per heavy atom. The topological polar surface area (TPSA) is 77.2 Å². The zero-order valence-electron chi connectivity index (χ0n) is 19.8. The predicted molar refractivity (Wildman–Crippen MR) is 142 cm³/mol. The third-order valence-electron chi connectivity index (χ3n) is 6.64. The highest BCUT2D eigenvalue weighted by Crippen LogP contribution is 2.41. The zero-order chi connectivity index (χ0) is 24.4. The van der Waals surface area contributed by atoms with E-state index < -0.39 is 0 Å². The molecule has 3 N–H and O–H groups in total. The van der Waals surface area contributed by atoms with Crippen molar-refractivity contribution in [3.05, 3.63) is 76.1 Å². The summed E-state index contributed by atoms with van der Waals surface area (Å²) in [5.41, 5.74) is 5.92. The Morgan fingerprint density at radius 2 is 1.91 bits per heavy atom. The molecule has 0 spiro atoms. The summed E-state index contributed by atoms with van der Waals surface area (Å²) in [4.78, 5) is 31.7. The van der Waals surface area contributed by atoms with Gasteiger partial charge in [0, 0.05) is 35.1 Å². The number of hydrogen-bond acceptors (Lipinski definition) is 3. The van der Waals surface area contributed by atoms with Crippen LogP contribution in [0.25, 0.3) is 22.8 Å². The second-order valence-corrected chi connectivity index (χ2v) is 9.62. The van der Waals surface area contributed by atoms with Gasteiger partial charge in [0.2, 0.25) is 0 Å². The number of aryl methyl sites for hydroxylation is 1. The molecule has 35 heavy (non-hydrogen) atoms. The monoisotopic (exact) mass is 488 g/mol. The van der Waals surface area contributed by atoms with Gasteiger partial charge in [-0.1, -0.05) is 42.3 Å². The fourth-order valence-electron chi connectivity index (χ4n) is 4.95. The number of H-pyrrole nitrogens is 1.